The molecular formula is C28H40ClN3O3. The van der Waals surface area contributed by atoms with Gasteiger partial charge in [0.2, 0.25) is 0 Å². The van der Waals surface area contributed by atoms with E-state index < -0.39 is 0 Å². The molecule has 4 rings (SSSR count). The Morgan fingerprint density at radius 3 is 2.60 bits per heavy atom. The number of aliphatic imine (C=N–C) groups is 1. The van der Waals surface area contributed by atoms with Gasteiger partial charge in [0, 0.05) is 62.8 Å². The maximum absolute atomic E-state index is 9.68. The Bertz CT molecular complexity index is 985. The molecule has 1 aromatic heterocycles. The second-order valence-corrected chi connectivity index (χ2v) is 10.3. The van der Waals surface area contributed by atoms with E-state index in [1.165, 1.54) is 5.57 Å². The first-order chi connectivity index (χ1) is 16.7. The van der Waals surface area contributed by atoms with Crippen molar-refractivity contribution in [1.82, 2.24) is 9.32 Å². The van der Waals surface area contributed by atoms with Gasteiger partial charge in [0.15, 0.2) is 0 Å². The minimum absolute atomic E-state index is 0.0560. The molecule has 6 nitrogen and oxygen atoms in total. The number of ether oxygens (including phenoxy) is 1. The SMILES string of the molecule is CC1=C(/c2coc(C)c2)N(Cl)CC(CN2CCC(O)CC2)\C=C/C=N/1.COC1(C)C=CC(C)=CC1. The second-order valence-electron chi connectivity index (χ2n) is 9.88. The third kappa shape index (κ3) is 8.21. The van der Waals surface area contributed by atoms with Crippen molar-refractivity contribution in [3.63, 3.8) is 0 Å². The Labute approximate surface area is 215 Å². The van der Waals surface area contributed by atoms with Crippen molar-refractivity contribution in [2.24, 2.45) is 10.9 Å². The molecule has 1 fully saturated rings. The van der Waals surface area contributed by atoms with Crippen LogP contribution < -0.4 is 0 Å². The first-order valence-corrected chi connectivity index (χ1v) is 12.7. The number of allylic oxidation sites excluding steroid dienone is 4. The number of aliphatic hydroxyl groups excluding tert-OH is 1. The Balaban J connectivity index is 0.000000287. The molecule has 3 heterocycles. The predicted octanol–water partition coefficient (Wildman–Crippen LogP) is 5.74. The van der Waals surface area contributed by atoms with Crippen LogP contribution in [0.15, 0.2) is 63.4 Å². The predicted molar refractivity (Wildman–Crippen MR) is 144 cm³/mol. The lowest BCUT2D eigenvalue weighted by Gasteiger charge is -2.33. The molecule has 0 bridgehead atoms. The summed E-state index contributed by atoms with van der Waals surface area (Å²) < 4.78 is 12.5. The van der Waals surface area contributed by atoms with Crippen LogP contribution in [0, 0.1) is 12.8 Å². The molecule has 1 aromatic rings. The molecule has 0 aromatic carbocycles. The van der Waals surface area contributed by atoms with Crippen LogP contribution in [0.1, 0.15) is 51.4 Å². The molecule has 2 aliphatic heterocycles. The number of aliphatic hydroxyl groups is 1. The van der Waals surface area contributed by atoms with Gasteiger partial charge in [-0.25, -0.2) is 0 Å². The molecular weight excluding hydrogens is 462 g/mol. The van der Waals surface area contributed by atoms with Crippen molar-refractivity contribution in [3.05, 3.63) is 65.3 Å². The number of halogens is 1. The number of methoxy groups -OCH3 is 1. The standard InChI is InChI=1S/C19H26ClN3O2.C9H14O/c1-14-10-17(13-25-14)19-15(2)21-7-3-4-16(12-23(19)20)11-22-8-5-18(24)6-9-22;1-8-4-6-9(2,10-3)7-5-8/h3-4,7,10,13,16,18,24H,5-6,8-9,11-12H2,1-2H3;4-6H,7H2,1-3H3/b4-3-,19-15-,21-7+;. The molecule has 0 amide bonds. The van der Waals surface area contributed by atoms with Crippen molar-refractivity contribution in [2.45, 2.75) is 58.7 Å². The van der Waals surface area contributed by atoms with Crippen LogP contribution in [0.2, 0.25) is 0 Å². The fraction of sp³-hybridized carbons (Fsp3) is 0.536. The highest BCUT2D eigenvalue weighted by Crippen LogP contribution is 2.29. The molecule has 0 saturated carbocycles. The van der Waals surface area contributed by atoms with E-state index in [1.807, 2.05) is 32.2 Å². The smallest absolute Gasteiger partial charge is 0.101 e. The minimum atomic E-state index is -0.148. The fourth-order valence-electron chi connectivity index (χ4n) is 4.38. The molecule has 2 atom stereocenters. The quantitative estimate of drug-likeness (QED) is 0.533. The van der Waals surface area contributed by atoms with Crippen LogP contribution in [0.3, 0.4) is 0 Å². The summed E-state index contributed by atoms with van der Waals surface area (Å²) in [5.41, 5.74) is 3.97. The average Bonchev–Trinajstić information content (AvgIpc) is 3.27. The van der Waals surface area contributed by atoms with E-state index in [9.17, 15) is 5.11 Å². The third-order valence-electron chi connectivity index (χ3n) is 6.77. The summed E-state index contributed by atoms with van der Waals surface area (Å²) in [5.74, 6) is 1.14. The summed E-state index contributed by atoms with van der Waals surface area (Å²) in [7, 11) is 1.75. The Kier molecular flexibility index (Phi) is 9.99. The fourth-order valence-corrected chi connectivity index (χ4v) is 4.78. The van der Waals surface area contributed by atoms with Crippen LogP contribution >= 0.6 is 11.8 Å². The van der Waals surface area contributed by atoms with Crippen molar-refractivity contribution < 1.29 is 14.3 Å². The molecule has 1 aliphatic carbocycles. The average molecular weight is 502 g/mol. The topological polar surface area (TPSA) is 61.4 Å². The maximum Gasteiger partial charge on any atom is 0.101 e. The molecule has 35 heavy (non-hydrogen) atoms. The molecule has 192 valence electrons. The van der Waals surface area contributed by atoms with Crippen LogP contribution in [0.5, 0.6) is 0 Å². The highest BCUT2D eigenvalue weighted by Gasteiger charge is 2.23. The number of likely N-dealkylation sites (tertiary alicyclic amines) is 1. The van der Waals surface area contributed by atoms with Crippen molar-refractivity contribution in [1.29, 1.82) is 0 Å². The summed E-state index contributed by atoms with van der Waals surface area (Å²) in [5, 5.41) is 9.68. The van der Waals surface area contributed by atoms with E-state index in [2.05, 4.69) is 48.0 Å². The molecule has 0 radical (unpaired) electrons. The zero-order valence-electron chi connectivity index (χ0n) is 21.7. The number of rotatable bonds is 4. The van der Waals surface area contributed by atoms with E-state index in [0.29, 0.717) is 6.54 Å². The monoisotopic (exact) mass is 501 g/mol. The highest BCUT2D eigenvalue weighted by molar-refractivity contribution is 6.17. The van der Waals surface area contributed by atoms with Crippen LogP contribution in [0.25, 0.3) is 5.70 Å². The first-order valence-electron chi connectivity index (χ1n) is 12.4. The van der Waals surface area contributed by atoms with E-state index >= 15 is 0 Å². The maximum atomic E-state index is 9.68. The highest BCUT2D eigenvalue weighted by atomic mass is 35.5. The van der Waals surface area contributed by atoms with Gasteiger partial charge in [-0.15, -0.1) is 0 Å². The van der Waals surface area contributed by atoms with Crippen molar-refractivity contribution >= 4 is 23.7 Å². The molecule has 1 N–H and O–H groups in total. The number of furan rings is 1. The van der Waals surface area contributed by atoms with Gasteiger partial charge in [-0.05, 0) is 59.1 Å². The second kappa shape index (κ2) is 12.7. The molecule has 1 saturated heterocycles. The third-order valence-corrected chi connectivity index (χ3v) is 7.07. The van der Waals surface area contributed by atoms with Crippen molar-refractivity contribution in [3.8, 4) is 0 Å². The zero-order chi connectivity index (χ0) is 25.4. The number of hydrogen-bond donors (Lipinski definition) is 1. The van der Waals surface area contributed by atoms with E-state index in [1.54, 1.807) is 17.8 Å². The van der Waals surface area contributed by atoms with Gasteiger partial charge in [0.25, 0.3) is 0 Å². The number of piperidine rings is 1. The van der Waals surface area contributed by atoms with Gasteiger partial charge < -0.3 is 19.2 Å². The number of hydrogen-bond acceptors (Lipinski definition) is 6. The lowest BCUT2D eigenvalue weighted by atomic mass is 9.94. The Hall–Kier alpha value is -2.12. The summed E-state index contributed by atoms with van der Waals surface area (Å²) >= 11 is 6.67. The first kappa shape index (κ1) is 27.5. The lowest BCUT2D eigenvalue weighted by molar-refractivity contribution is 0.0502. The van der Waals surface area contributed by atoms with Gasteiger partial charge in [-0.1, -0.05) is 29.9 Å². The van der Waals surface area contributed by atoms with Gasteiger partial charge in [-0.2, -0.15) is 0 Å². The molecule has 0 spiro atoms. The Morgan fingerprint density at radius 1 is 1.26 bits per heavy atom. The van der Waals surface area contributed by atoms with E-state index in [4.69, 9.17) is 20.9 Å². The Morgan fingerprint density at radius 2 is 2.00 bits per heavy atom. The molecule has 7 heteroatoms. The van der Waals surface area contributed by atoms with Gasteiger partial charge in [-0.3, -0.25) is 9.41 Å². The van der Waals surface area contributed by atoms with Gasteiger partial charge >= 0.3 is 0 Å². The summed E-state index contributed by atoms with van der Waals surface area (Å²) in [6.07, 6.45) is 16.7. The number of nitrogens with zero attached hydrogens (tertiary/aromatic N) is 3. The van der Waals surface area contributed by atoms with Crippen LogP contribution in [0.4, 0.5) is 0 Å². The van der Waals surface area contributed by atoms with Crippen LogP contribution in [-0.2, 0) is 4.74 Å². The normalized spacial score (nSPS) is 30.0. The van der Waals surface area contributed by atoms with Gasteiger partial charge in [0.05, 0.1) is 23.1 Å². The lowest BCUT2D eigenvalue weighted by Crippen LogP contribution is -2.40. The molecule has 3 aliphatic rings. The summed E-state index contributed by atoms with van der Waals surface area (Å²) in [4.78, 5) is 6.91. The van der Waals surface area contributed by atoms with E-state index in [0.717, 1.165) is 61.6 Å². The zero-order valence-corrected chi connectivity index (χ0v) is 22.5. The minimum Gasteiger partial charge on any atom is -0.469 e. The van der Waals surface area contributed by atoms with Gasteiger partial charge in [0.1, 0.15) is 12.0 Å². The molecule has 2 unspecified atom stereocenters. The van der Waals surface area contributed by atoms with Crippen molar-refractivity contribution in [2.75, 3.05) is 33.3 Å². The van der Waals surface area contributed by atoms with Crippen LogP contribution in [-0.4, -0.2) is 65.6 Å². The largest absolute Gasteiger partial charge is 0.469 e. The summed E-state index contributed by atoms with van der Waals surface area (Å²) in [6.45, 7) is 11.6. The number of aryl methyl sites for hydroxylation is 1. The van der Waals surface area contributed by atoms with E-state index in [-0.39, 0.29) is 17.6 Å². The summed E-state index contributed by atoms with van der Waals surface area (Å²) in [6, 6.07) is 1.98.